The quantitative estimate of drug-likeness (QED) is 0.620. The highest BCUT2D eigenvalue weighted by molar-refractivity contribution is 6.32. The maximum absolute atomic E-state index is 11.5. The van der Waals surface area contributed by atoms with Gasteiger partial charge in [-0.15, -0.1) is 5.10 Å². The molecule has 2 heterocycles. The summed E-state index contributed by atoms with van der Waals surface area (Å²) in [6.45, 7) is 0. The van der Waals surface area contributed by atoms with Crippen molar-refractivity contribution in [3.8, 4) is 0 Å². The molecule has 5 nitrogen and oxygen atoms in total. The van der Waals surface area contributed by atoms with Gasteiger partial charge in [-0.05, 0) is 12.1 Å². The van der Waals surface area contributed by atoms with Crippen molar-refractivity contribution in [3.05, 3.63) is 39.9 Å². The van der Waals surface area contributed by atoms with E-state index in [1.165, 1.54) is 4.40 Å². The van der Waals surface area contributed by atoms with Gasteiger partial charge in [-0.25, -0.2) is 19.3 Å². The zero-order chi connectivity index (χ0) is 10.4. The molecule has 6 heteroatoms. The molecule has 0 fully saturated rings. The Bertz CT molecular complexity index is 715. The van der Waals surface area contributed by atoms with Crippen molar-refractivity contribution in [2.45, 2.75) is 0 Å². The molecule has 0 bridgehead atoms. The van der Waals surface area contributed by atoms with Crippen molar-refractivity contribution in [1.29, 1.82) is 0 Å². The smallest absolute Gasteiger partial charge is 0.246 e. The van der Waals surface area contributed by atoms with E-state index in [4.69, 9.17) is 11.6 Å². The summed E-state index contributed by atoms with van der Waals surface area (Å²) in [6, 6.07) is 7.25. The van der Waals surface area contributed by atoms with Crippen LogP contribution in [0.15, 0.2) is 29.1 Å². The maximum Gasteiger partial charge on any atom is 0.348 e. The van der Waals surface area contributed by atoms with Gasteiger partial charge in [0.15, 0.2) is 10.8 Å². The molecule has 0 atom stereocenters. The summed E-state index contributed by atoms with van der Waals surface area (Å²) in [5, 5.41) is 6.36. The number of aromatic amines is 1. The third-order valence-corrected chi connectivity index (χ3v) is 2.45. The number of benzene rings is 1. The van der Waals surface area contributed by atoms with Crippen LogP contribution in [0.25, 0.3) is 16.7 Å². The summed E-state index contributed by atoms with van der Waals surface area (Å²) in [5.41, 5.74) is 1.39. The predicted octanol–water partition coefficient (Wildman–Crippen LogP) is 1.22. The zero-order valence-electron chi connectivity index (χ0n) is 7.44. The van der Waals surface area contributed by atoms with Crippen LogP contribution in [-0.4, -0.2) is 19.6 Å². The molecule has 2 aromatic heterocycles. The zero-order valence-corrected chi connectivity index (χ0v) is 8.19. The fraction of sp³-hybridized carbons (Fsp3) is 0. The Balaban J connectivity index is 2.74. The Kier molecular flexibility index (Phi) is 1.58. The van der Waals surface area contributed by atoms with Crippen LogP contribution in [0.4, 0.5) is 0 Å². The highest BCUT2D eigenvalue weighted by Crippen LogP contribution is 2.17. The van der Waals surface area contributed by atoms with Crippen LogP contribution >= 0.6 is 11.6 Å². The van der Waals surface area contributed by atoms with Crippen molar-refractivity contribution in [3.63, 3.8) is 0 Å². The average Bonchev–Trinajstić information content (AvgIpc) is 2.62. The number of halogens is 1. The molecule has 0 spiro atoms. The van der Waals surface area contributed by atoms with Gasteiger partial charge in [-0.1, -0.05) is 23.7 Å². The van der Waals surface area contributed by atoms with E-state index in [2.05, 4.69) is 15.2 Å². The van der Waals surface area contributed by atoms with Crippen molar-refractivity contribution in [2.24, 2.45) is 0 Å². The first-order valence-corrected chi connectivity index (χ1v) is 4.66. The fourth-order valence-corrected chi connectivity index (χ4v) is 1.78. The molecule has 0 unspecified atom stereocenters. The van der Waals surface area contributed by atoms with Gasteiger partial charge in [0.25, 0.3) is 0 Å². The minimum atomic E-state index is -0.314. The molecule has 74 valence electrons. The lowest BCUT2D eigenvalue weighted by Crippen LogP contribution is -2.10. The fourth-order valence-electron chi connectivity index (χ4n) is 1.56. The molecule has 3 rings (SSSR count). The molecule has 0 radical (unpaired) electrons. The topological polar surface area (TPSA) is 63.0 Å². The molecule has 0 aliphatic heterocycles. The second-order valence-corrected chi connectivity index (χ2v) is 3.44. The lowest BCUT2D eigenvalue weighted by molar-refractivity contribution is 1.04. The number of fused-ring (bicyclic) bond motifs is 3. The maximum atomic E-state index is 11.5. The Morgan fingerprint density at radius 3 is 3.00 bits per heavy atom. The van der Waals surface area contributed by atoms with Gasteiger partial charge in [0.1, 0.15) is 0 Å². The van der Waals surface area contributed by atoms with Crippen LogP contribution in [-0.2, 0) is 0 Å². The standard InChI is InChI=1S/C9H5ClN4O/c10-7-8-12-13-9(15)14(8)6-4-2-1-3-5(6)11-7/h1-4H,(H,13,15). The minimum absolute atomic E-state index is 0.215. The van der Waals surface area contributed by atoms with Crippen molar-refractivity contribution in [2.75, 3.05) is 0 Å². The van der Waals surface area contributed by atoms with E-state index in [0.29, 0.717) is 16.7 Å². The van der Waals surface area contributed by atoms with Gasteiger partial charge >= 0.3 is 5.69 Å². The third kappa shape index (κ3) is 1.07. The summed E-state index contributed by atoms with van der Waals surface area (Å²) < 4.78 is 1.41. The Hall–Kier alpha value is -1.88. The molecule has 0 aliphatic rings. The Morgan fingerprint density at radius 2 is 2.13 bits per heavy atom. The van der Waals surface area contributed by atoms with E-state index in [1.807, 2.05) is 12.1 Å². The third-order valence-electron chi connectivity index (χ3n) is 2.20. The van der Waals surface area contributed by atoms with Crippen molar-refractivity contribution >= 4 is 28.3 Å². The van der Waals surface area contributed by atoms with Gasteiger partial charge in [0.05, 0.1) is 11.0 Å². The number of H-pyrrole nitrogens is 1. The summed E-state index contributed by atoms with van der Waals surface area (Å²) in [6.07, 6.45) is 0. The summed E-state index contributed by atoms with van der Waals surface area (Å²) in [5.74, 6) is 0. The number of hydrogen-bond donors (Lipinski definition) is 1. The number of aromatic nitrogens is 4. The van der Waals surface area contributed by atoms with Crippen LogP contribution < -0.4 is 5.69 Å². The van der Waals surface area contributed by atoms with Gasteiger partial charge in [0.2, 0.25) is 0 Å². The van der Waals surface area contributed by atoms with E-state index in [9.17, 15) is 4.79 Å². The van der Waals surface area contributed by atoms with Gasteiger partial charge < -0.3 is 0 Å². The van der Waals surface area contributed by atoms with Crippen LogP contribution in [0.3, 0.4) is 0 Å². The monoisotopic (exact) mass is 220 g/mol. The van der Waals surface area contributed by atoms with Crippen LogP contribution in [0.1, 0.15) is 0 Å². The molecule has 0 saturated heterocycles. The van der Waals surface area contributed by atoms with Gasteiger partial charge in [-0.2, -0.15) is 0 Å². The molecule has 1 aromatic carbocycles. The number of nitrogens with one attached hydrogen (secondary N) is 1. The molecular formula is C9H5ClN4O. The Labute approximate surface area is 88.3 Å². The van der Waals surface area contributed by atoms with E-state index >= 15 is 0 Å². The summed E-state index contributed by atoms with van der Waals surface area (Å²) in [4.78, 5) is 15.6. The first-order chi connectivity index (χ1) is 7.27. The molecule has 1 N–H and O–H groups in total. The van der Waals surface area contributed by atoms with Crippen LogP contribution in [0, 0.1) is 0 Å². The van der Waals surface area contributed by atoms with Crippen molar-refractivity contribution in [1.82, 2.24) is 19.6 Å². The van der Waals surface area contributed by atoms with E-state index in [1.54, 1.807) is 12.1 Å². The molecule has 15 heavy (non-hydrogen) atoms. The summed E-state index contributed by atoms with van der Waals surface area (Å²) in [7, 11) is 0. The number of para-hydroxylation sites is 2. The highest BCUT2D eigenvalue weighted by Gasteiger charge is 2.09. The molecular weight excluding hydrogens is 216 g/mol. The predicted molar refractivity (Wildman–Crippen MR) is 56.1 cm³/mol. The van der Waals surface area contributed by atoms with E-state index < -0.39 is 0 Å². The lowest BCUT2D eigenvalue weighted by atomic mass is 10.3. The first kappa shape index (κ1) is 8.43. The number of nitrogens with zero attached hydrogens (tertiary/aromatic N) is 3. The van der Waals surface area contributed by atoms with Crippen LogP contribution in [0.5, 0.6) is 0 Å². The number of hydrogen-bond acceptors (Lipinski definition) is 3. The lowest BCUT2D eigenvalue weighted by Gasteiger charge is -2.00. The largest absolute Gasteiger partial charge is 0.348 e. The normalized spacial score (nSPS) is 11.3. The van der Waals surface area contributed by atoms with Gasteiger partial charge in [-0.3, -0.25) is 0 Å². The highest BCUT2D eigenvalue weighted by atomic mass is 35.5. The molecule has 0 aliphatic carbocycles. The molecule has 0 saturated carbocycles. The molecule has 0 amide bonds. The summed E-state index contributed by atoms with van der Waals surface area (Å²) >= 11 is 5.90. The second-order valence-electron chi connectivity index (χ2n) is 3.08. The Morgan fingerprint density at radius 1 is 1.33 bits per heavy atom. The van der Waals surface area contributed by atoms with Gasteiger partial charge in [0, 0.05) is 0 Å². The first-order valence-electron chi connectivity index (χ1n) is 4.29. The SMILES string of the molecule is O=c1[nH]nc2c(Cl)nc3ccccc3n12. The average molecular weight is 221 g/mol. The van der Waals surface area contributed by atoms with E-state index in [-0.39, 0.29) is 10.8 Å². The number of rotatable bonds is 0. The van der Waals surface area contributed by atoms with Crippen LogP contribution in [0.2, 0.25) is 5.15 Å². The molecule has 3 aromatic rings. The minimum Gasteiger partial charge on any atom is -0.246 e. The second kappa shape index (κ2) is 2.80. The van der Waals surface area contributed by atoms with E-state index in [0.717, 1.165) is 0 Å². The van der Waals surface area contributed by atoms with Crippen molar-refractivity contribution < 1.29 is 0 Å².